The molecule has 0 aliphatic heterocycles. The van der Waals surface area contributed by atoms with Crippen LogP contribution in [0.4, 0.5) is 0 Å². The Bertz CT molecular complexity index is 609. The molecule has 0 spiro atoms. The van der Waals surface area contributed by atoms with Crippen molar-refractivity contribution in [2.45, 2.75) is 66.2 Å². The zero-order valence-electron chi connectivity index (χ0n) is 15.4. The van der Waals surface area contributed by atoms with Gasteiger partial charge in [0, 0.05) is 0 Å². The van der Waals surface area contributed by atoms with Crippen molar-refractivity contribution in [3.8, 4) is 11.1 Å². The number of aryl methyl sites for hydroxylation is 3. The Hall–Kier alpha value is -1.56. The van der Waals surface area contributed by atoms with Crippen LogP contribution in [0.1, 0.15) is 63.1 Å². The monoisotopic (exact) mass is 308 g/mol. The lowest BCUT2D eigenvalue weighted by molar-refractivity contribution is 0.484. The molecule has 0 nitrogen and oxygen atoms in total. The van der Waals surface area contributed by atoms with Gasteiger partial charge in [-0.1, -0.05) is 82.5 Å². The van der Waals surface area contributed by atoms with Crippen molar-refractivity contribution in [1.29, 1.82) is 0 Å². The summed E-state index contributed by atoms with van der Waals surface area (Å²) in [6.07, 6.45) is 7.64. The van der Waals surface area contributed by atoms with Gasteiger partial charge in [0.15, 0.2) is 0 Å². The van der Waals surface area contributed by atoms with Crippen LogP contribution < -0.4 is 0 Å². The largest absolute Gasteiger partial charge is 0.0651 e. The molecule has 2 rings (SSSR count). The van der Waals surface area contributed by atoms with E-state index in [9.17, 15) is 0 Å². The molecule has 0 aliphatic carbocycles. The SMILES string of the molecule is CCc1ccc(C)c(-c2cccc(CCCC[C@@H](C)CC)c2)c1. The molecule has 0 radical (unpaired) electrons. The molecule has 0 aromatic heterocycles. The fraction of sp³-hybridized carbons (Fsp3) is 0.478. The molecule has 2 aromatic rings. The first kappa shape index (κ1) is 17.8. The Kier molecular flexibility index (Phi) is 6.89. The second-order valence-electron chi connectivity index (χ2n) is 6.96. The topological polar surface area (TPSA) is 0 Å². The maximum absolute atomic E-state index is 2.39. The summed E-state index contributed by atoms with van der Waals surface area (Å²) in [7, 11) is 0. The van der Waals surface area contributed by atoms with Gasteiger partial charge in [-0.25, -0.2) is 0 Å². The van der Waals surface area contributed by atoms with Crippen molar-refractivity contribution in [2.24, 2.45) is 5.92 Å². The molecule has 2 aromatic carbocycles. The van der Waals surface area contributed by atoms with Crippen LogP contribution in [-0.2, 0) is 12.8 Å². The van der Waals surface area contributed by atoms with Gasteiger partial charge in [-0.05, 0) is 59.9 Å². The number of hydrogen-bond acceptors (Lipinski definition) is 0. The van der Waals surface area contributed by atoms with Crippen molar-refractivity contribution in [1.82, 2.24) is 0 Å². The van der Waals surface area contributed by atoms with Crippen LogP contribution in [0.5, 0.6) is 0 Å². The zero-order chi connectivity index (χ0) is 16.7. The molecule has 0 amide bonds. The standard InChI is InChI=1S/C23H32/c1-5-18(3)10-7-8-11-21-12-9-13-22(16-21)23-17-20(6-2)15-14-19(23)4/h9,12-18H,5-8,10-11H2,1-4H3/t18-/m0/s1. The van der Waals surface area contributed by atoms with Crippen molar-refractivity contribution < 1.29 is 0 Å². The van der Waals surface area contributed by atoms with E-state index >= 15 is 0 Å². The number of benzene rings is 2. The Balaban J connectivity index is 2.05. The fourth-order valence-corrected chi connectivity index (χ4v) is 3.12. The summed E-state index contributed by atoms with van der Waals surface area (Å²) in [6, 6.07) is 16.0. The number of unbranched alkanes of at least 4 members (excludes halogenated alkanes) is 1. The molecule has 124 valence electrons. The predicted octanol–water partition coefficient (Wildman–Crippen LogP) is 6.98. The Morgan fingerprint density at radius 1 is 0.913 bits per heavy atom. The van der Waals surface area contributed by atoms with Crippen molar-refractivity contribution in [2.75, 3.05) is 0 Å². The minimum Gasteiger partial charge on any atom is -0.0651 e. The molecule has 0 N–H and O–H groups in total. The first-order valence-corrected chi connectivity index (χ1v) is 9.32. The maximum atomic E-state index is 2.39. The lowest BCUT2D eigenvalue weighted by atomic mass is 9.94. The fourth-order valence-electron chi connectivity index (χ4n) is 3.12. The van der Waals surface area contributed by atoms with Gasteiger partial charge in [0.2, 0.25) is 0 Å². The summed E-state index contributed by atoms with van der Waals surface area (Å²) in [5.74, 6) is 0.876. The molecular formula is C23H32. The predicted molar refractivity (Wildman–Crippen MR) is 103 cm³/mol. The van der Waals surface area contributed by atoms with Gasteiger partial charge < -0.3 is 0 Å². The zero-order valence-corrected chi connectivity index (χ0v) is 15.4. The summed E-state index contributed by atoms with van der Waals surface area (Å²) in [4.78, 5) is 0. The first-order chi connectivity index (χ1) is 11.1. The van der Waals surface area contributed by atoms with Gasteiger partial charge in [0.1, 0.15) is 0 Å². The third-order valence-electron chi connectivity index (χ3n) is 5.06. The quantitative estimate of drug-likeness (QED) is 0.461. The van der Waals surface area contributed by atoms with Crippen LogP contribution in [0.3, 0.4) is 0 Å². The van der Waals surface area contributed by atoms with E-state index in [0.29, 0.717) is 0 Å². The van der Waals surface area contributed by atoms with Crippen LogP contribution in [0.25, 0.3) is 11.1 Å². The average molecular weight is 309 g/mol. The van der Waals surface area contributed by atoms with Crippen LogP contribution in [0, 0.1) is 12.8 Å². The first-order valence-electron chi connectivity index (χ1n) is 9.32. The second kappa shape index (κ2) is 8.91. The van der Waals surface area contributed by atoms with E-state index in [2.05, 4.69) is 70.2 Å². The molecule has 0 fully saturated rings. The smallest absolute Gasteiger partial charge is 0.0152 e. The van der Waals surface area contributed by atoms with Crippen molar-refractivity contribution in [3.63, 3.8) is 0 Å². The number of rotatable bonds is 8. The average Bonchev–Trinajstić information content (AvgIpc) is 2.59. The lowest BCUT2D eigenvalue weighted by Crippen LogP contribution is -1.94. The van der Waals surface area contributed by atoms with E-state index in [1.807, 2.05) is 0 Å². The molecule has 0 saturated carbocycles. The minimum atomic E-state index is 0.876. The Morgan fingerprint density at radius 2 is 1.74 bits per heavy atom. The third kappa shape index (κ3) is 5.23. The third-order valence-corrected chi connectivity index (χ3v) is 5.06. The molecule has 0 saturated heterocycles. The van der Waals surface area contributed by atoms with Gasteiger partial charge in [-0.15, -0.1) is 0 Å². The highest BCUT2D eigenvalue weighted by molar-refractivity contribution is 5.68. The molecule has 0 bridgehead atoms. The summed E-state index contributed by atoms with van der Waals surface area (Å²) in [5.41, 5.74) is 7.04. The normalized spacial score (nSPS) is 12.3. The van der Waals surface area contributed by atoms with Gasteiger partial charge in [0.25, 0.3) is 0 Å². The van der Waals surface area contributed by atoms with Gasteiger partial charge in [-0.3, -0.25) is 0 Å². The molecule has 0 heteroatoms. The van der Waals surface area contributed by atoms with E-state index in [-0.39, 0.29) is 0 Å². The van der Waals surface area contributed by atoms with E-state index in [1.165, 1.54) is 59.9 Å². The summed E-state index contributed by atoms with van der Waals surface area (Å²) >= 11 is 0. The molecule has 0 heterocycles. The molecule has 0 aliphatic rings. The Morgan fingerprint density at radius 3 is 2.48 bits per heavy atom. The summed E-state index contributed by atoms with van der Waals surface area (Å²) in [5, 5.41) is 0. The molecule has 1 atom stereocenters. The minimum absolute atomic E-state index is 0.876. The maximum Gasteiger partial charge on any atom is -0.0152 e. The molecule has 0 unspecified atom stereocenters. The highest BCUT2D eigenvalue weighted by Crippen LogP contribution is 2.26. The molecular weight excluding hydrogens is 276 g/mol. The van der Waals surface area contributed by atoms with Crippen molar-refractivity contribution >= 4 is 0 Å². The van der Waals surface area contributed by atoms with E-state index in [1.54, 1.807) is 0 Å². The summed E-state index contributed by atoms with van der Waals surface area (Å²) in [6.45, 7) is 9.10. The van der Waals surface area contributed by atoms with Crippen LogP contribution in [-0.4, -0.2) is 0 Å². The van der Waals surface area contributed by atoms with Crippen LogP contribution in [0.15, 0.2) is 42.5 Å². The van der Waals surface area contributed by atoms with Gasteiger partial charge in [0.05, 0.1) is 0 Å². The summed E-state index contributed by atoms with van der Waals surface area (Å²) < 4.78 is 0. The highest BCUT2D eigenvalue weighted by Gasteiger charge is 2.05. The molecule has 23 heavy (non-hydrogen) atoms. The van der Waals surface area contributed by atoms with Gasteiger partial charge in [-0.2, -0.15) is 0 Å². The lowest BCUT2D eigenvalue weighted by Gasteiger charge is -2.11. The van der Waals surface area contributed by atoms with Crippen LogP contribution in [0.2, 0.25) is 0 Å². The van der Waals surface area contributed by atoms with Gasteiger partial charge >= 0.3 is 0 Å². The number of hydrogen-bond donors (Lipinski definition) is 0. The second-order valence-corrected chi connectivity index (χ2v) is 6.96. The van der Waals surface area contributed by atoms with E-state index < -0.39 is 0 Å². The Labute approximate surface area is 143 Å². The van der Waals surface area contributed by atoms with E-state index in [4.69, 9.17) is 0 Å². The van der Waals surface area contributed by atoms with Crippen molar-refractivity contribution in [3.05, 3.63) is 59.2 Å². The highest BCUT2D eigenvalue weighted by atomic mass is 14.1. The van der Waals surface area contributed by atoms with Crippen LogP contribution >= 0.6 is 0 Å². The van der Waals surface area contributed by atoms with E-state index in [0.717, 1.165) is 12.3 Å².